The zero-order chi connectivity index (χ0) is 15.9. The highest BCUT2D eigenvalue weighted by Crippen LogP contribution is 2.14. The van der Waals surface area contributed by atoms with Gasteiger partial charge in [0.25, 0.3) is 0 Å². The molecule has 0 radical (unpaired) electrons. The summed E-state index contributed by atoms with van der Waals surface area (Å²) in [7, 11) is -3.69. The number of unbranched alkanes of at least 4 members (excludes halogenated alkanes) is 2. The third-order valence-corrected chi connectivity index (χ3v) is 5.01. The van der Waals surface area contributed by atoms with Gasteiger partial charge in [-0.2, -0.15) is 4.72 Å². The fourth-order valence-electron chi connectivity index (χ4n) is 1.71. The van der Waals surface area contributed by atoms with Crippen molar-refractivity contribution in [2.75, 3.05) is 6.54 Å². The van der Waals surface area contributed by atoms with Crippen molar-refractivity contribution >= 4 is 31.9 Å². The van der Waals surface area contributed by atoms with E-state index in [4.69, 9.17) is 0 Å². The standard InChI is InChI=1S/C14H21BrN2O3S/c1-3-4-5-10-16-14(18)11(2)17-21(19,20)13-8-6-12(15)7-9-13/h6-9,11,17H,3-5,10H2,1-2H3,(H,16,18). The van der Waals surface area contributed by atoms with Crippen LogP contribution in [0.4, 0.5) is 0 Å². The Labute approximate surface area is 134 Å². The van der Waals surface area contributed by atoms with Crippen molar-refractivity contribution in [1.29, 1.82) is 0 Å². The number of hydrogen-bond acceptors (Lipinski definition) is 3. The van der Waals surface area contributed by atoms with Crippen LogP contribution in [0.5, 0.6) is 0 Å². The number of rotatable bonds is 8. The molecule has 1 aromatic rings. The summed E-state index contributed by atoms with van der Waals surface area (Å²) in [6.07, 6.45) is 3.01. The maximum Gasteiger partial charge on any atom is 0.241 e. The third kappa shape index (κ3) is 6.15. The van der Waals surface area contributed by atoms with Crippen LogP contribution in [-0.4, -0.2) is 26.9 Å². The average molecular weight is 377 g/mol. The highest BCUT2D eigenvalue weighted by Gasteiger charge is 2.21. The molecule has 0 saturated heterocycles. The molecule has 1 atom stereocenters. The second-order valence-electron chi connectivity index (χ2n) is 4.80. The first-order valence-corrected chi connectivity index (χ1v) is 9.20. The van der Waals surface area contributed by atoms with E-state index in [2.05, 4.69) is 32.9 Å². The second kappa shape index (κ2) is 8.51. The van der Waals surface area contributed by atoms with Crippen LogP contribution in [0.25, 0.3) is 0 Å². The number of amides is 1. The van der Waals surface area contributed by atoms with Crippen LogP contribution < -0.4 is 10.0 Å². The van der Waals surface area contributed by atoms with Crippen LogP contribution in [0.1, 0.15) is 33.1 Å². The van der Waals surface area contributed by atoms with Crippen molar-refractivity contribution in [3.63, 3.8) is 0 Å². The van der Waals surface area contributed by atoms with Crippen LogP contribution in [0, 0.1) is 0 Å². The van der Waals surface area contributed by atoms with Crippen LogP contribution in [0.15, 0.2) is 33.6 Å². The maximum atomic E-state index is 12.1. The lowest BCUT2D eigenvalue weighted by Gasteiger charge is -2.14. The van der Waals surface area contributed by atoms with Gasteiger partial charge in [-0.3, -0.25) is 4.79 Å². The number of carbonyl (C=O) groups excluding carboxylic acids is 1. The van der Waals surface area contributed by atoms with Gasteiger partial charge in [-0.15, -0.1) is 0 Å². The molecule has 0 heterocycles. The molecule has 0 aromatic heterocycles. The van der Waals surface area contributed by atoms with Gasteiger partial charge in [-0.05, 0) is 37.6 Å². The Morgan fingerprint density at radius 2 is 1.86 bits per heavy atom. The summed E-state index contributed by atoms with van der Waals surface area (Å²) in [5.41, 5.74) is 0. The van der Waals surface area contributed by atoms with E-state index in [1.54, 1.807) is 12.1 Å². The predicted molar refractivity (Wildman–Crippen MR) is 86.5 cm³/mol. The quantitative estimate of drug-likeness (QED) is 0.684. The maximum absolute atomic E-state index is 12.1. The Kier molecular flexibility index (Phi) is 7.34. The molecule has 0 aliphatic heterocycles. The molecule has 1 amide bonds. The lowest BCUT2D eigenvalue weighted by molar-refractivity contribution is -0.122. The topological polar surface area (TPSA) is 75.3 Å². The Balaban J connectivity index is 2.58. The minimum Gasteiger partial charge on any atom is -0.355 e. The van der Waals surface area contributed by atoms with Crippen molar-refractivity contribution < 1.29 is 13.2 Å². The molecular weight excluding hydrogens is 356 g/mol. The van der Waals surface area contributed by atoms with Crippen molar-refractivity contribution in [3.05, 3.63) is 28.7 Å². The molecule has 0 spiro atoms. The first-order chi connectivity index (χ1) is 9.86. The summed E-state index contributed by atoms with van der Waals surface area (Å²) >= 11 is 3.25. The number of halogens is 1. The van der Waals surface area contributed by atoms with E-state index in [1.807, 2.05) is 0 Å². The van der Waals surface area contributed by atoms with Gasteiger partial charge in [0.05, 0.1) is 10.9 Å². The van der Waals surface area contributed by atoms with Crippen molar-refractivity contribution in [3.8, 4) is 0 Å². The monoisotopic (exact) mass is 376 g/mol. The van der Waals surface area contributed by atoms with E-state index in [1.165, 1.54) is 19.1 Å². The van der Waals surface area contributed by atoms with Gasteiger partial charge in [0, 0.05) is 11.0 Å². The summed E-state index contributed by atoms with van der Waals surface area (Å²) in [5.74, 6) is -0.313. The first kappa shape index (κ1) is 18.1. The Hall–Kier alpha value is -0.920. The smallest absolute Gasteiger partial charge is 0.241 e. The van der Waals surface area contributed by atoms with E-state index < -0.39 is 16.1 Å². The van der Waals surface area contributed by atoms with E-state index in [9.17, 15) is 13.2 Å². The number of benzene rings is 1. The Bertz CT molecular complexity index is 558. The van der Waals surface area contributed by atoms with Crippen LogP contribution in [0.3, 0.4) is 0 Å². The summed E-state index contributed by atoms with van der Waals surface area (Å²) in [5, 5.41) is 2.73. The number of nitrogens with one attached hydrogen (secondary N) is 2. The number of hydrogen-bond donors (Lipinski definition) is 2. The normalized spacial score (nSPS) is 12.9. The van der Waals surface area contributed by atoms with E-state index in [-0.39, 0.29) is 10.8 Å². The molecule has 21 heavy (non-hydrogen) atoms. The zero-order valence-electron chi connectivity index (χ0n) is 12.2. The second-order valence-corrected chi connectivity index (χ2v) is 7.42. The van der Waals surface area contributed by atoms with Gasteiger partial charge in [0.2, 0.25) is 15.9 Å². The lowest BCUT2D eigenvalue weighted by Crippen LogP contribution is -2.44. The molecule has 0 aliphatic carbocycles. The fourth-order valence-corrected chi connectivity index (χ4v) is 3.18. The molecule has 2 N–H and O–H groups in total. The Morgan fingerprint density at radius 1 is 1.24 bits per heavy atom. The molecule has 1 rings (SSSR count). The lowest BCUT2D eigenvalue weighted by atomic mass is 10.2. The molecule has 0 aliphatic rings. The number of sulfonamides is 1. The van der Waals surface area contributed by atoms with Gasteiger partial charge >= 0.3 is 0 Å². The number of carbonyl (C=O) groups is 1. The molecule has 1 unspecified atom stereocenters. The molecule has 0 bridgehead atoms. The van der Waals surface area contributed by atoms with Gasteiger partial charge in [-0.1, -0.05) is 35.7 Å². The highest BCUT2D eigenvalue weighted by atomic mass is 79.9. The third-order valence-electron chi connectivity index (χ3n) is 2.93. The van der Waals surface area contributed by atoms with E-state index in [0.717, 1.165) is 23.7 Å². The molecule has 118 valence electrons. The molecular formula is C14H21BrN2O3S. The van der Waals surface area contributed by atoms with Gasteiger partial charge in [0.1, 0.15) is 0 Å². The van der Waals surface area contributed by atoms with Crippen LogP contribution in [0.2, 0.25) is 0 Å². The summed E-state index contributed by atoms with van der Waals surface area (Å²) < 4.78 is 27.4. The zero-order valence-corrected chi connectivity index (χ0v) is 14.6. The SMILES string of the molecule is CCCCCNC(=O)C(C)NS(=O)(=O)c1ccc(Br)cc1. The minimum absolute atomic E-state index is 0.135. The Morgan fingerprint density at radius 3 is 2.43 bits per heavy atom. The summed E-state index contributed by atoms with van der Waals surface area (Å²) in [6.45, 7) is 4.18. The fraction of sp³-hybridized carbons (Fsp3) is 0.500. The minimum atomic E-state index is -3.69. The van der Waals surface area contributed by atoms with Gasteiger partial charge in [-0.25, -0.2) is 8.42 Å². The van der Waals surface area contributed by atoms with Gasteiger partial charge in [0.15, 0.2) is 0 Å². The molecule has 7 heteroatoms. The molecule has 1 aromatic carbocycles. The van der Waals surface area contributed by atoms with Crippen molar-refractivity contribution in [2.45, 2.75) is 44.0 Å². The average Bonchev–Trinajstić information content (AvgIpc) is 2.43. The van der Waals surface area contributed by atoms with Crippen molar-refractivity contribution in [1.82, 2.24) is 10.0 Å². The first-order valence-electron chi connectivity index (χ1n) is 6.92. The van der Waals surface area contributed by atoms with Crippen LogP contribution >= 0.6 is 15.9 Å². The van der Waals surface area contributed by atoms with E-state index >= 15 is 0 Å². The van der Waals surface area contributed by atoms with Gasteiger partial charge < -0.3 is 5.32 Å². The highest BCUT2D eigenvalue weighted by molar-refractivity contribution is 9.10. The van der Waals surface area contributed by atoms with E-state index in [0.29, 0.717) is 6.54 Å². The summed E-state index contributed by atoms with van der Waals surface area (Å²) in [6, 6.07) is 5.45. The van der Waals surface area contributed by atoms with Crippen LogP contribution in [-0.2, 0) is 14.8 Å². The van der Waals surface area contributed by atoms with Crippen molar-refractivity contribution in [2.24, 2.45) is 0 Å². The predicted octanol–water partition coefficient (Wildman–Crippen LogP) is 2.42. The molecule has 0 saturated carbocycles. The molecule has 5 nitrogen and oxygen atoms in total. The molecule has 0 fully saturated rings. The summed E-state index contributed by atoms with van der Waals surface area (Å²) in [4.78, 5) is 12.0. The largest absolute Gasteiger partial charge is 0.355 e.